The van der Waals surface area contributed by atoms with Gasteiger partial charge in [0.1, 0.15) is 5.82 Å². The highest BCUT2D eigenvalue weighted by molar-refractivity contribution is 7.99. The van der Waals surface area contributed by atoms with Gasteiger partial charge in [-0.05, 0) is 12.1 Å². The van der Waals surface area contributed by atoms with Gasteiger partial charge in [0.05, 0.1) is 22.8 Å². The molecule has 0 radical (unpaired) electrons. The second-order valence-electron chi connectivity index (χ2n) is 4.74. The molecule has 1 amide bonds. The third kappa shape index (κ3) is 2.71. The Hall–Kier alpha value is -2.09. The first-order valence-electron chi connectivity index (χ1n) is 6.33. The molecule has 2 N–H and O–H groups in total. The van der Waals surface area contributed by atoms with Crippen molar-refractivity contribution in [3.05, 3.63) is 24.0 Å². The average molecular weight is 309 g/mol. The van der Waals surface area contributed by atoms with Crippen LogP contribution in [0.3, 0.4) is 0 Å². The van der Waals surface area contributed by atoms with E-state index in [1.54, 1.807) is 6.07 Å². The van der Waals surface area contributed by atoms with Crippen molar-refractivity contribution in [1.29, 1.82) is 0 Å². The van der Waals surface area contributed by atoms with E-state index in [1.807, 2.05) is 4.57 Å². The number of hydrogen-bond acceptors (Lipinski definition) is 4. The van der Waals surface area contributed by atoms with Crippen LogP contribution in [0.1, 0.15) is 12.5 Å². The van der Waals surface area contributed by atoms with Crippen molar-refractivity contribution in [1.82, 2.24) is 14.9 Å². The van der Waals surface area contributed by atoms with Crippen molar-refractivity contribution in [2.75, 3.05) is 12.3 Å². The van der Waals surface area contributed by atoms with Gasteiger partial charge in [-0.25, -0.2) is 9.37 Å². The maximum atomic E-state index is 13.3. The fraction of sp³-hybridized carbons (Fsp3) is 0.308. The summed E-state index contributed by atoms with van der Waals surface area (Å²) in [6, 6.07) is 4.10. The number of carboxylic acids is 1. The summed E-state index contributed by atoms with van der Waals surface area (Å²) >= 11 is 1.07. The first-order chi connectivity index (χ1) is 10.0. The molecule has 2 heterocycles. The number of halogens is 1. The molecule has 1 unspecified atom stereocenters. The largest absolute Gasteiger partial charge is 0.481 e. The summed E-state index contributed by atoms with van der Waals surface area (Å²) in [5, 5.41) is 12.0. The molecule has 0 aliphatic carbocycles. The summed E-state index contributed by atoms with van der Waals surface area (Å²) < 4.78 is 15.1. The van der Waals surface area contributed by atoms with Crippen LogP contribution < -0.4 is 5.32 Å². The van der Waals surface area contributed by atoms with Crippen LogP contribution in [0.25, 0.3) is 11.0 Å². The van der Waals surface area contributed by atoms with Crippen LogP contribution >= 0.6 is 11.8 Å². The number of hydrogen-bond donors (Lipinski definition) is 2. The van der Waals surface area contributed by atoms with E-state index in [1.165, 1.54) is 12.1 Å². The summed E-state index contributed by atoms with van der Waals surface area (Å²) in [7, 11) is 0. The molecule has 1 fully saturated rings. The minimum Gasteiger partial charge on any atom is -0.481 e. The van der Waals surface area contributed by atoms with E-state index < -0.39 is 11.8 Å². The van der Waals surface area contributed by atoms with Crippen molar-refractivity contribution in [3.63, 3.8) is 0 Å². The lowest BCUT2D eigenvalue weighted by Crippen LogP contribution is -2.16. The molecule has 0 spiro atoms. The summed E-state index contributed by atoms with van der Waals surface area (Å²) in [6.07, 6.45) is 0.309. The normalized spacial score (nSPS) is 18.1. The number of amides is 1. The number of carbonyl (C=O) groups is 2. The zero-order valence-electron chi connectivity index (χ0n) is 10.9. The first kappa shape index (κ1) is 13.9. The van der Waals surface area contributed by atoms with Crippen LogP contribution in [0.2, 0.25) is 0 Å². The summed E-state index contributed by atoms with van der Waals surface area (Å²) in [5.74, 6) is -1.55. The van der Waals surface area contributed by atoms with Gasteiger partial charge in [-0.15, -0.1) is 0 Å². The molecule has 8 heteroatoms. The topological polar surface area (TPSA) is 84.2 Å². The molecule has 21 heavy (non-hydrogen) atoms. The minimum atomic E-state index is -0.953. The molecule has 0 saturated carbocycles. The van der Waals surface area contributed by atoms with E-state index in [2.05, 4.69) is 10.3 Å². The molecule has 1 aliphatic heterocycles. The van der Waals surface area contributed by atoms with Crippen molar-refractivity contribution in [3.8, 4) is 0 Å². The quantitative estimate of drug-likeness (QED) is 0.834. The molecule has 1 aromatic carbocycles. The molecule has 0 bridgehead atoms. The lowest BCUT2D eigenvalue weighted by atomic mass is 10.2. The van der Waals surface area contributed by atoms with Gasteiger partial charge >= 0.3 is 5.97 Å². The second-order valence-corrected chi connectivity index (χ2v) is 5.68. The molecule has 1 aliphatic rings. The Bertz CT molecular complexity index is 731. The van der Waals surface area contributed by atoms with Gasteiger partial charge in [0, 0.05) is 19.0 Å². The van der Waals surface area contributed by atoms with E-state index in [0.29, 0.717) is 29.2 Å². The molecule has 3 rings (SSSR count). The monoisotopic (exact) mass is 309 g/mol. The fourth-order valence-electron chi connectivity index (χ4n) is 2.40. The second kappa shape index (κ2) is 5.36. The Morgan fingerprint density at radius 3 is 3.05 bits per heavy atom. The van der Waals surface area contributed by atoms with Crippen molar-refractivity contribution in [2.45, 2.75) is 17.6 Å². The van der Waals surface area contributed by atoms with E-state index in [9.17, 15) is 14.0 Å². The number of fused-ring (bicyclic) bond motifs is 1. The molecule has 2 aromatic rings. The zero-order valence-corrected chi connectivity index (χ0v) is 11.7. The van der Waals surface area contributed by atoms with Crippen LogP contribution in [-0.4, -0.2) is 38.8 Å². The number of benzene rings is 1. The Labute approximate surface area is 123 Å². The molecule has 1 atom stereocenters. The van der Waals surface area contributed by atoms with Gasteiger partial charge in [0.2, 0.25) is 5.91 Å². The van der Waals surface area contributed by atoms with E-state index in [4.69, 9.17) is 5.11 Å². The minimum absolute atomic E-state index is 0.0573. The predicted octanol–water partition coefficient (Wildman–Crippen LogP) is 1.41. The van der Waals surface area contributed by atoms with Gasteiger partial charge in [-0.3, -0.25) is 9.59 Å². The number of nitrogens with one attached hydrogen (secondary N) is 1. The van der Waals surface area contributed by atoms with Crippen molar-refractivity contribution < 1.29 is 19.1 Å². The van der Waals surface area contributed by atoms with E-state index in [0.717, 1.165) is 11.8 Å². The maximum Gasteiger partial charge on any atom is 0.313 e. The van der Waals surface area contributed by atoms with Crippen molar-refractivity contribution >= 4 is 34.7 Å². The summed E-state index contributed by atoms with van der Waals surface area (Å²) in [5.41, 5.74) is 1.16. The number of thioether (sulfide) groups is 1. The highest BCUT2D eigenvalue weighted by Crippen LogP contribution is 2.30. The molecule has 1 saturated heterocycles. The van der Waals surface area contributed by atoms with E-state index in [-0.39, 0.29) is 17.7 Å². The van der Waals surface area contributed by atoms with Crippen LogP contribution in [0.5, 0.6) is 0 Å². The van der Waals surface area contributed by atoms with Gasteiger partial charge in [0.25, 0.3) is 0 Å². The lowest BCUT2D eigenvalue weighted by Gasteiger charge is -2.14. The van der Waals surface area contributed by atoms with Gasteiger partial charge < -0.3 is 15.0 Å². The predicted molar refractivity (Wildman–Crippen MR) is 74.7 cm³/mol. The number of nitrogens with zero attached hydrogens (tertiary/aromatic N) is 2. The zero-order chi connectivity index (χ0) is 15.0. The average Bonchev–Trinajstić information content (AvgIpc) is 2.98. The van der Waals surface area contributed by atoms with Gasteiger partial charge in [0.15, 0.2) is 5.16 Å². The van der Waals surface area contributed by atoms with Crippen molar-refractivity contribution in [2.24, 2.45) is 0 Å². The number of carboxylic acid groups (broad SMARTS) is 1. The summed E-state index contributed by atoms with van der Waals surface area (Å²) in [4.78, 5) is 26.5. The van der Waals surface area contributed by atoms with Gasteiger partial charge in [-0.1, -0.05) is 11.8 Å². The van der Waals surface area contributed by atoms with Gasteiger partial charge in [-0.2, -0.15) is 0 Å². The van der Waals surface area contributed by atoms with E-state index >= 15 is 0 Å². The van der Waals surface area contributed by atoms with Crippen LogP contribution in [0.4, 0.5) is 4.39 Å². The Morgan fingerprint density at radius 2 is 2.38 bits per heavy atom. The first-order valence-corrected chi connectivity index (χ1v) is 7.32. The third-order valence-electron chi connectivity index (χ3n) is 3.26. The molecular formula is C13H12FN3O3S. The van der Waals surface area contributed by atoms with Crippen LogP contribution in [0.15, 0.2) is 23.4 Å². The SMILES string of the molecule is O=C(O)CSc1nc2cc(F)ccc2n1C1CNC(=O)C1. The highest BCUT2D eigenvalue weighted by atomic mass is 32.2. The Kier molecular flexibility index (Phi) is 3.54. The number of aromatic nitrogens is 2. The number of imidazole rings is 1. The molecule has 1 aromatic heterocycles. The smallest absolute Gasteiger partial charge is 0.313 e. The fourth-order valence-corrected chi connectivity index (χ4v) is 3.21. The number of carbonyl (C=O) groups excluding carboxylic acids is 1. The molecular weight excluding hydrogens is 297 g/mol. The third-order valence-corrected chi connectivity index (χ3v) is 4.20. The number of aliphatic carboxylic acids is 1. The Balaban J connectivity index is 2.06. The lowest BCUT2D eigenvalue weighted by molar-refractivity contribution is -0.134. The number of rotatable bonds is 4. The van der Waals surface area contributed by atoms with Crippen LogP contribution in [-0.2, 0) is 9.59 Å². The highest BCUT2D eigenvalue weighted by Gasteiger charge is 2.27. The molecule has 6 nitrogen and oxygen atoms in total. The summed E-state index contributed by atoms with van der Waals surface area (Å²) in [6.45, 7) is 0.461. The Morgan fingerprint density at radius 1 is 1.57 bits per heavy atom. The van der Waals surface area contributed by atoms with Crippen LogP contribution in [0, 0.1) is 5.82 Å². The molecule has 110 valence electrons. The standard InChI is InChI=1S/C13H12FN3O3S/c14-7-1-2-10-9(3-7)16-13(21-6-12(19)20)17(10)8-4-11(18)15-5-8/h1-3,8H,4-6H2,(H,15,18)(H,19,20). The maximum absolute atomic E-state index is 13.3.